The number of piperazine rings is 1. The topological polar surface area (TPSA) is 77.4 Å². The predicted molar refractivity (Wildman–Crippen MR) is 101 cm³/mol. The summed E-state index contributed by atoms with van der Waals surface area (Å²) in [6, 6.07) is 12.3. The van der Waals surface area contributed by atoms with E-state index in [1.807, 2.05) is 24.3 Å². The van der Waals surface area contributed by atoms with Gasteiger partial charge in [-0.25, -0.2) is 9.59 Å². The van der Waals surface area contributed by atoms with Gasteiger partial charge in [0.25, 0.3) is 0 Å². The Morgan fingerprint density at radius 2 is 1.70 bits per heavy atom. The maximum absolute atomic E-state index is 12.5. The summed E-state index contributed by atoms with van der Waals surface area (Å²) >= 11 is 5.92. The molecule has 1 N–H and O–H groups in total. The molecule has 138 valence electrons. The quantitative estimate of drug-likeness (QED) is 0.881. The Bertz CT molecular complexity index is 998. The van der Waals surface area contributed by atoms with Gasteiger partial charge < -0.3 is 10.2 Å². The number of benzene rings is 2. The molecule has 2 heterocycles. The number of halogens is 1. The molecule has 1 fully saturated rings. The van der Waals surface area contributed by atoms with Crippen LogP contribution in [0.25, 0.3) is 0 Å². The number of fused-ring (bicyclic) bond motifs is 1. The van der Waals surface area contributed by atoms with Gasteiger partial charge >= 0.3 is 12.1 Å². The molecule has 0 aliphatic carbocycles. The van der Waals surface area contributed by atoms with Crippen molar-refractivity contribution in [3.63, 3.8) is 0 Å². The van der Waals surface area contributed by atoms with E-state index < -0.39 is 6.03 Å². The second kappa shape index (κ2) is 7.46. The maximum atomic E-state index is 12.5. The van der Waals surface area contributed by atoms with Crippen molar-refractivity contribution in [3.05, 3.63) is 63.8 Å². The number of amides is 4. The van der Waals surface area contributed by atoms with Crippen LogP contribution in [-0.4, -0.2) is 48.0 Å². The SMILES string of the molecule is O=C1N=c2ccc(NC(=O)N3CCN(Cc4ccc(Cl)cc4)CC3)cc2=N1. The number of nitrogens with one attached hydrogen (secondary N) is 1. The summed E-state index contributed by atoms with van der Waals surface area (Å²) < 4.78 is 0. The molecule has 2 aromatic carbocycles. The zero-order valence-corrected chi connectivity index (χ0v) is 15.3. The third-order valence-electron chi connectivity index (χ3n) is 4.64. The number of urea groups is 2. The van der Waals surface area contributed by atoms with Crippen LogP contribution in [0.2, 0.25) is 5.02 Å². The number of nitrogens with zero attached hydrogens (tertiary/aromatic N) is 4. The van der Waals surface area contributed by atoms with Crippen LogP contribution in [-0.2, 0) is 6.54 Å². The van der Waals surface area contributed by atoms with Crippen molar-refractivity contribution in [2.75, 3.05) is 31.5 Å². The lowest BCUT2D eigenvalue weighted by Gasteiger charge is -2.34. The van der Waals surface area contributed by atoms with Crippen LogP contribution in [0.5, 0.6) is 0 Å². The average molecular weight is 384 g/mol. The molecule has 0 aromatic heterocycles. The summed E-state index contributed by atoms with van der Waals surface area (Å²) in [6.07, 6.45) is 0. The molecule has 27 heavy (non-hydrogen) atoms. The van der Waals surface area contributed by atoms with Gasteiger partial charge in [0.15, 0.2) is 0 Å². The smallest absolute Gasteiger partial charge is 0.322 e. The Labute approximate surface area is 161 Å². The zero-order chi connectivity index (χ0) is 18.8. The fraction of sp³-hybridized carbons (Fsp3) is 0.263. The normalized spacial score (nSPS) is 16.5. The lowest BCUT2D eigenvalue weighted by atomic mass is 10.2. The Morgan fingerprint density at radius 1 is 1.00 bits per heavy atom. The molecule has 0 bridgehead atoms. The fourth-order valence-corrected chi connectivity index (χ4v) is 3.30. The standard InChI is InChI=1S/C19H18ClN5O2/c20-14-3-1-13(2-4-14)12-24-7-9-25(10-8-24)19(27)21-15-5-6-16-17(11-15)23-18(26)22-16/h1-6,11H,7-10,12H2,(H,21,27). The molecule has 2 aliphatic rings. The lowest BCUT2D eigenvalue weighted by Crippen LogP contribution is -2.49. The van der Waals surface area contributed by atoms with Crippen molar-refractivity contribution in [1.82, 2.24) is 9.80 Å². The first-order chi connectivity index (χ1) is 13.1. The van der Waals surface area contributed by atoms with Gasteiger partial charge in [0.2, 0.25) is 0 Å². The van der Waals surface area contributed by atoms with E-state index in [0.717, 1.165) is 24.7 Å². The summed E-state index contributed by atoms with van der Waals surface area (Å²) in [5, 5.41) is 4.63. The molecule has 4 amide bonds. The monoisotopic (exact) mass is 383 g/mol. The van der Waals surface area contributed by atoms with Gasteiger partial charge in [0, 0.05) is 43.4 Å². The van der Waals surface area contributed by atoms with Crippen molar-refractivity contribution >= 4 is 29.4 Å². The molecule has 0 saturated carbocycles. The summed E-state index contributed by atoms with van der Waals surface area (Å²) in [4.78, 5) is 35.4. The third-order valence-corrected chi connectivity index (χ3v) is 4.89. The first-order valence-electron chi connectivity index (χ1n) is 8.71. The Morgan fingerprint density at radius 3 is 2.44 bits per heavy atom. The van der Waals surface area contributed by atoms with Crippen molar-refractivity contribution in [2.45, 2.75) is 6.54 Å². The van der Waals surface area contributed by atoms with Crippen molar-refractivity contribution < 1.29 is 9.59 Å². The Balaban J connectivity index is 1.32. The number of carbonyl (C=O) groups excluding carboxylic acids is 2. The van der Waals surface area contributed by atoms with Crippen LogP contribution in [0.4, 0.5) is 15.3 Å². The van der Waals surface area contributed by atoms with Crippen LogP contribution >= 0.6 is 11.6 Å². The highest BCUT2D eigenvalue weighted by Crippen LogP contribution is 2.13. The van der Waals surface area contributed by atoms with Crippen LogP contribution < -0.4 is 16.0 Å². The fourth-order valence-electron chi connectivity index (χ4n) is 3.18. The minimum Gasteiger partial charge on any atom is -0.322 e. The molecular weight excluding hydrogens is 366 g/mol. The van der Waals surface area contributed by atoms with E-state index in [1.165, 1.54) is 5.56 Å². The van der Waals surface area contributed by atoms with E-state index in [4.69, 9.17) is 11.6 Å². The molecule has 2 aromatic rings. The largest absolute Gasteiger partial charge is 0.368 e. The number of hydrogen-bond acceptors (Lipinski definition) is 3. The van der Waals surface area contributed by atoms with Crippen LogP contribution in [0, 0.1) is 0 Å². The third kappa shape index (κ3) is 4.15. The van der Waals surface area contributed by atoms with E-state index in [1.54, 1.807) is 23.1 Å². The molecule has 0 atom stereocenters. The van der Waals surface area contributed by atoms with E-state index in [0.29, 0.717) is 29.5 Å². The van der Waals surface area contributed by atoms with Gasteiger partial charge in [0.05, 0.1) is 10.7 Å². The molecule has 4 rings (SSSR count). The average Bonchev–Trinajstić information content (AvgIpc) is 3.03. The highest BCUT2D eigenvalue weighted by Gasteiger charge is 2.21. The van der Waals surface area contributed by atoms with Crippen LogP contribution in [0.3, 0.4) is 0 Å². The van der Waals surface area contributed by atoms with E-state index >= 15 is 0 Å². The van der Waals surface area contributed by atoms with Gasteiger partial charge in [0.1, 0.15) is 0 Å². The highest BCUT2D eigenvalue weighted by atomic mass is 35.5. The van der Waals surface area contributed by atoms with Crippen LogP contribution in [0.1, 0.15) is 5.56 Å². The van der Waals surface area contributed by atoms with Crippen molar-refractivity contribution in [2.24, 2.45) is 9.98 Å². The maximum Gasteiger partial charge on any atom is 0.368 e. The first kappa shape index (κ1) is 17.6. The van der Waals surface area contributed by atoms with Gasteiger partial charge in [-0.1, -0.05) is 23.7 Å². The summed E-state index contributed by atoms with van der Waals surface area (Å²) in [5.74, 6) is 0. The van der Waals surface area contributed by atoms with Crippen molar-refractivity contribution in [3.8, 4) is 0 Å². The lowest BCUT2D eigenvalue weighted by molar-refractivity contribution is 0.143. The molecule has 7 nitrogen and oxygen atoms in total. The number of anilines is 1. The molecule has 0 unspecified atom stereocenters. The van der Waals surface area contributed by atoms with E-state index in [2.05, 4.69) is 20.2 Å². The second-order valence-corrected chi connectivity index (χ2v) is 6.97. The first-order valence-corrected chi connectivity index (χ1v) is 9.09. The predicted octanol–water partition coefficient (Wildman–Crippen LogP) is 2.06. The minimum absolute atomic E-state index is 0.151. The summed E-state index contributed by atoms with van der Waals surface area (Å²) in [5.41, 5.74) is 1.81. The molecule has 0 spiro atoms. The second-order valence-electron chi connectivity index (χ2n) is 6.53. The highest BCUT2D eigenvalue weighted by molar-refractivity contribution is 6.30. The Kier molecular flexibility index (Phi) is 4.87. The van der Waals surface area contributed by atoms with Gasteiger partial charge in [-0.2, -0.15) is 9.98 Å². The minimum atomic E-state index is -0.509. The molecule has 2 aliphatic heterocycles. The van der Waals surface area contributed by atoms with E-state index in [9.17, 15) is 9.59 Å². The summed E-state index contributed by atoms with van der Waals surface area (Å²) in [7, 11) is 0. The molecule has 8 heteroatoms. The van der Waals surface area contributed by atoms with Gasteiger partial charge in [-0.05, 0) is 35.9 Å². The number of carbonyl (C=O) groups is 2. The van der Waals surface area contributed by atoms with Gasteiger partial charge in [-0.15, -0.1) is 0 Å². The molecular formula is C19H18ClN5O2. The molecule has 1 saturated heterocycles. The number of hydrogen-bond donors (Lipinski definition) is 1. The number of rotatable bonds is 3. The van der Waals surface area contributed by atoms with E-state index in [-0.39, 0.29) is 6.03 Å². The summed E-state index contributed by atoms with van der Waals surface area (Å²) in [6.45, 7) is 3.77. The molecule has 0 radical (unpaired) electrons. The van der Waals surface area contributed by atoms with Crippen LogP contribution in [0.15, 0.2) is 52.4 Å². The Hall–Kier alpha value is -2.77. The van der Waals surface area contributed by atoms with Crippen molar-refractivity contribution in [1.29, 1.82) is 0 Å². The van der Waals surface area contributed by atoms with Gasteiger partial charge in [-0.3, -0.25) is 4.90 Å². The zero-order valence-electron chi connectivity index (χ0n) is 14.6.